The zero-order valence-electron chi connectivity index (χ0n) is 13.7. The third kappa shape index (κ3) is 4.24. The first-order chi connectivity index (χ1) is 12.2. The number of amides is 1. The number of nitrogens with one attached hydrogen (secondary N) is 1. The number of hydrogen-bond acceptors (Lipinski definition) is 4. The lowest BCUT2D eigenvalue weighted by molar-refractivity contribution is 0.0363. The molecule has 1 saturated heterocycles. The van der Waals surface area contributed by atoms with Gasteiger partial charge >= 0.3 is 0 Å². The third-order valence-corrected chi connectivity index (χ3v) is 4.17. The number of carbonyl (C=O) groups is 1. The molecule has 0 atom stereocenters. The van der Waals surface area contributed by atoms with Gasteiger partial charge in [-0.15, -0.1) is 0 Å². The van der Waals surface area contributed by atoms with Crippen LogP contribution in [0.4, 0.5) is 10.1 Å². The van der Waals surface area contributed by atoms with Gasteiger partial charge in [-0.25, -0.2) is 4.39 Å². The fourth-order valence-corrected chi connectivity index (χ4v) is 2.77. The molecule has 3 rings (SSSR count). The minimum absolute atomic E-state index is 0.0968. The number of carbonyl (C=O) groups excluding carboxylic acids is 1. The Balaban J connectivity index is 1.65. The van der Waals surface area contributed by atoms with E-state index in [0.717, 1.165) is 32.8 Å². The van der Waals surface area contributed by atoms with Crippen LogP contribution in [0.5, 0.6) is 0 Å². The van der Waals surface area contributed by atoms with Gasteiger partial charge in [0.1, 0.15) is 17.6 Å². The van der Waals surface area contributed by atoms with Crippen molar-refractivity contribution in [1.29, 1.82) is 5.26 Å². The number of morpholine rings is 1. The predicted molar refractivity (Wildman–Crippen MR) is 90.8 cm³/mol. The average Bonchev–Trinajstić information content (AvgIpc) is 3.11. The number of nitriles is 1. The molecule has 0 aliphatic carbocycles. The molecular weight excluding hydrogens is 323 g/mol. The first-order valence-electron chi connectivity index (χ1n) is 8.13. The Morgan fingerprint density at radius 2 is 2.08 bits per heavy atom. The maximum Gasteiger partial charge on any atom is 0.272 e. The van der Waals surface area contributed by atoms with Crippen molar-refractivity contribution in [3.8, 4) is 6.07 Å². The molecule has 0 bridgehead atoms. The van der Waals surface area contributed by atoms with E-state index < -0.39 is 5.82 Å². The van der Waals surface area contributed by atoms with Crippen molar-refractivity contribution in [2.24, 2.45) is 0 Å². The van der Waals surface area contributed by atoms with E-state index >= 15 is 0 Å². The Bertz CT molecular complexity index is 791. The topological polar surface area (TPSA) is 70.3 Å². The van der Waals surface area contributed by atoms with Crippen LogP contribution in [-0.4, -0.2) is 48.2 Å². The van der Waals surface area contributed by atoms with Crippen molar-refractivity contribution in [3.05, 3.63) is 53.6 Å². The number of hydrogen-bond donors (Lipinski definition) is 1. The van der Waals surface area contributed by atoms with E-state index in [1.807, 2.05) is 16.8 Å². The Morgan fingerprint density at radius 3 is 2.84 bits per heavy atom. The van der Waals surface area contributed by atoms with E-state index in [0.29, 0.717) is 17.9 Å². The minimum Gasteiger partial charge on any atom is -0.379 e. The van der Waals surface area contributed by atoms with Crippen molar-refractivity contribution >= 4 is 11.6 Å². The number of benzene rings is 1. The molecule has 0 radical (unpaired) electrons. The summed E-state index contributed by atoms with van der Waals surface area (Å²) >= 11 is 0. The fourth-order valence-electron chi connectivity index (χ4n) is 2.77. The second-order valence-corrected chi connectivity index (χ2v) is 5.80. The molecule has 2 heterocycles. The first kappa shape index (κ1) is 17.1. The highest BCUT2D eigenvalue weighted by Crippen LogP contribution is 2.15. The van der Waals surface area contributed by atoms with Gasteiger partial charge in [0.05, 0.1) is 18.8 Å². The van der Waals surface area contributed by atoms with Crippen molar-refractivity contribution in [3.63, 3.8) is 0 Å². The number of halogens is 1. The molecule has 1 aromatic carbocycles. The molecular formula is C18H19FN4O2. The molecule has 0 saturated carbocycles. The van der Waals surface area contributed by atoms with Crippen molar-refractivity contribution in [2.75, 3.05) is 38.2 Å². The van der Waals surface area contributed by atoms with Crippen LogP contribution in [-0.2, 0) is 11.3 Å². The van der Waals surface area contributed by atoms with Gasteiger partial charge < -0.3 is 14.6 Å². The first-order valence-corrected chi connectivity index (χ1v) is 8.13. The lowest BCUT2D eigenvalue weighted by Crippen LogP contribution is -2.38. The summed E-state index contributed by atoms with van der Waals surface area (Å²) in [7, 11) is 0. The molecule has 2 aromatic rings. The summed E-state index contributed by atoms with van der Waals surface area (Å²) in [6.45, 7) is 4.82. The Labute approximate surface area is 145 Å². The third-order valence-electron chi connectivity index (χ3n) is 4.17. The smallest absolute Gasteiger partial charge is 0.272 e. The Kier molecular flexibility index (Phi) is 5.43. The summed E-state index contributed by atoms with van der Waals surface area (Å²) in [6.07, 6.45) is 1.86. The van der Waals surface area contributed by atoms with E-state index in [9.17, 15) is 9.18 Å². The van der Waals surface area contributed by atoms with Gasteiger partial charge in [0, 0.05) is 38.1 Å². The summed E-state index contributed by atoms with van der Waals surface area (Å²) in [5.74, 6) is -0.892. The van der Waals surface area contributed by atoms with Gasteiger partial charge in [-0.1, -0.05) is 0 Å². The van der Waals surface area contributed by atoms with Gasteiger partial charge in [-0.2, -0.15) is 5.26 Å². The van der Waals surface area contributed by atoms with Crippen LogP contribution in [0.1, 0.15) is 16.1 Å². The van der Waals surface area contributed by atoms with Gasteiger partial charge in [0.2, 0.25) is 0 Å². The molecule has 1 fully saturated rings. The molecule has 0 unspecified atom stereocenters. The van der Waals surface area contributed by atoms with E-state index in [1.165, 1.54) is 18.2 Å². The Morgan fingerprint density at radius 1 is 1.28 bits per heavy atom. The van der Waals surface area contributed by atoms with E-state index in [-0.39, 0.29) is 11.5 Å². The quantitative estimate of drug-likeness (QED) is 0.903. The van der Waals surface area contributed by atoms with Crippen molar-refractivity contribution < 1.29 is 13.9 Å². The van der Waals surface area contributed by atoms with E-state index in [1.54, 1.807) is 12.1 Å². The van der Waals surface area contributed by atoms with Crippen LogP contribution in [0.3, 0.4) is 0 Å². The van der Waals surface area contributed by atoms with Gasteiger partial charge in [0.15, 0.2) is 0 Å². The number of anilines is 1. The average molecular weight is 342 g/mol. The summed E-state index contributed by atoms with van der Waals surface area (Å²) in [6, 6.07) is 9.26. The lowest BCUT2D eigenvalue weighted by Gasteiger charge is -2.26. The van der Waals surface area contributed by atoms with Crippen molar-refractivity contribution in [2.45, 2.75) is 6.54 Å². The predicted octanol–water partition coefficient (Wildman–Crippen LogP) is 2.08. The van der Waals surface area contributed by atoms with Crippen LogP contribution < -0.4 is 5.32 Å². The number of ether oxygens (including phenoxy) is 1. The van der Waals surface area contributed by atoms with E-state index in [4.69, 9.17) is 10.00 Å². The maximum atomic E-state index is 13.4. The largest absolute Gasteiger partial charge is 0.379 e. The molecule has 7 heteroatoms. The van der Waals surface area contributed by atoms with Crippen LogP contribution in [0.15, 0.2) is 36.5 Å². The molecule has 25 heavy (non-hydrogen) atoms. The SMILES string of the molecule is N#Cc1cc(NC(=O)c2cccn2CCN2CCOCC2)ccc1F. The molecule has 1 aliphatic rings. The number of nitrogens with zero attached hydrogens (tertiary/aromatic N) is 3. The fraction of sp³-hybridized carbons (Fsp3) is 0.333. The standard InChI is InChI=1S/C18H19FN4O2/c19-16-4-3-15(12-14(16)13-20)21-18(24)17-2-1-5-23(17)7-6-22-8-10-25-11-9-22/h1-5,12H,6-11H2,(H,21,24). The van der Waals surface area contributed by atoms with Crippen LogP contribution >= 0.6 is 0 Å². The van der Waals surface area contributed by atoms with Crippen LogP contribution in [0.25, 0.3) is 0 Å². The van der Waals surface area contributed by atoms with Gasteiger partial charge in [-0.05, 0) is 30.3 Å². The summed E-state index contributed by atoms with van der Waals surface area (Å²) in [5, 5.41) is 11.6. The second-order valence-electron chi connectivity index (χ2n) is 5.80. The molecule has 1 N–H and O–H groups in total. The minimum atomic E-state index is -0.602. The number of aromatic nitrogens is 1. The lowest BCUT2D eigenvalue weighted by atomic mass is 10.2. The molecule has 130 valence electrons. The zero-order valence-corrected chi connectivity index (χ0v) is 13.7. The van der Waals surface area contributed by atoms with Gasteiger partial charge in [-0.3, -0.25) is 9.69 Å². The van der Waals surface area contributed by atoms with Crippen LogP contribution in [0, 0.1) is 17.1 Å². The highest BCUT2D eigenvalue weighted by atomic mass is 19.1. The molecule has 1 amide bonds. The second kappa shape index (κ2) is 7.92. The molecule has 1 aromatic heterocycles. The van der Waals surface area contributed by atoms with Gasteiger partial charge in [0.25, 0.3) is 5.91 Å². The summed E-state index contributed by atoms with van der Waals surface area (Å²) < 4.78 is 20.6. The monoisotopic (exact) mass is 342 g/mol. The Hall–Kier alpha value is -2.69. The van der Waals surface area contributed by atoms with E-state index in [2.05, 4.69) is 10.2 Å². The summed E-state index contributed by atoms with van der Waals surface area (Å²) in [5.41, 5.74) is 0.820. The normalized spacial score (nSPS) is 14.9. The highest BCUT2D eigenvalue weighted by Gasteiger charge is 2.14. The number of rotatable bonds is 5. The van der Waals surface area contributed by atoms with Crippen molar-refractivity contribution in [1.82, 2.24) is 9.47 Å². The van der Waals surface area contributed by atoms with Crippen LogP contribution in [0.2, 0.25) is 0 Å². The molecule has 1 aliphatic heterocycles. The highest BCUT2D eigenvalue weighted by molar-refractivity contribution is 6.03. The zero-order chi connectivity index (χ0) is 17.6. The maximum absolute atomic E-state index is 13.4. The molecule has 6 nitrogen and oxygen atoms in total. The molecule has 0 spiro atoms. The summed E-state index contributed by atoms with van der Waals surface area (Å²) in [4.78, 5) is 14.8.